The van der Waals surface area contributed by atoms with Crippen LogP contribution in [0.15, 0.2) is 42.5 Å². The molecule has 2 N–H and O–H groups in total. The van der Waals surface area contributed by atoms with Crippen LogP contribution in [0.1, 0.15) is 5.56 Å². The second-order valence-electron chi connectivity index (χ2n) is 3.57. The first-order chi connectivity index (χ1) is 7.66. The van der Waals surface area contributed by atoms with Gasteiger partial charge in [-0.25, -0.2) is 0 Å². The molecule has 0 aliphatic carbocycles. The average Bonchev–Trinajstić information content (AvgIpc) is 2.28. The number of aryl methyl sites for hydroxylation is 1. The quantitative estimate of drug-likeness (QED) is 0.795. The lowest BCUT2D eigenvalue weighted by Crippen LogP contribution is -1.92. The first kappa shape index (κ1) is 10.8. The van der Waals surface area contributed by atoms with E-state index in [1.807, 2.05) is 37.3 Å². The van der Waals surface area contributed by atoms with Crippen molar-refractivity contribution in [1.29, 1.82) is 0 Å². The summed E-state index contributed by atoms with van der Waals surface area (Å²) in [7, 11) is 0. The maximum absolute atomic E-state index is 5.90. The molecule has 0 unspecified atom stereocenters. The highest BCUT2D eigenvalue weighted by atomic mass is 35.5. The highest BCUT2D eigenvalue weighted by molar-refractivity contribution is 6.33. The van der Waals surface area contributed by atoms with E-state index in [4.69, 9.17) is 22.1 Å². The van der Waals surface area contributed by atoms with Gasteiger partial charge in [-0.05, 0) is 31.2 Å². The molecule has 0 amide bonds. The summed E-state index contributed by atoms with van der Waals surface area (Å²) in [5, 5.41) is 0.504. The predicted molar refractivity (Wildman–Crippen MR) is 67.1 cm³/mol. The standard InChI is InChI=1S/C13H12ClNO/c1-9-5-7-10(8-6-9)16-12-4-2-3-11(14)13(12)15/h2-8H,15H2,1H3. The Balaban J connectivity index is 2.27. The van der Waals surface area contributed by atoms with Crippen LogP contribution in [-0.2, 0) is 0 Å². The summed E-state index contributed by atoms with van der Waals surface area (Å²) in [5.74, 6) is 1.33. The molecule has 0 aromatic heterocycles. The van der Waals surface area contributed by atoms with Gasteiger partial charge in [0.1, 0.15) is 5.75 Å². The second-order valence-corrected chi connectivity index (χ2v) is 3.97. The molecule has 0 fully saturated rings. The molecule has 2 rings (SSSR count). The molecule has 0 radical (unpaired) electrons. The van der Waals surface area contributed by atoms with E-state index in [0.717, 1.165) is 5.75 Å². The van der Waals surface area contributed by atoms with Crippen molar-refractivity contribution in [2.45, 2.75) is 6.92 Å². The molecule has 2 aromatic rings. The van der Waals surface area contributed by atoms with E-state index in [1.165, 1.54) is 5.56 Å². The van der Waals surface area contributed by atoms with E-state index in [-0.39, 0.29) is 0 Å². The molecule has 0 aliphatic heterocycles. The van der Waals surface area contributed by atoms with Crippen molar-refractivity contribution in [3.05, 3.63) is 53.1 Å². The Morgan fingerprint density at radius 2 is 1.75 bits per heavy atom. The van der Waals surface area contributed by atoms with Gasteiger partial charge < -0.3 is 10.5 Å². The van der Waals surface area contributed by atoms with Gasteiger partial charge in [0.2, 0.25) is 0 Å². The largest absolute Gasteiger partial charge is 0.455 e. The van der Waals surface area contributed by atoms with Crippen LogP contribution >= 0.6 is 11.6 Å². The third-order valence-electron chi connectivity index (χ3n) is 2.26. The van der Waals surface area contributed by atoms with E-state index in [9.17, 15) is 0 Å². The summed E-state index contributed by atoms with van der Waals surface area (Å²) in [6, 6.07) is 13.1. The van der Waals surface area contributed by atoms with Crippen LogP contribution in [0.4, 0.5) is 5.69 Å². The molecule has 2 nitrogen and oxygen atoms in total. The van der Waals surface area contributed by atoms with Crippen LogP contribution in [0.25, 0.3) is 0 Å². The first-order valence-electron chi connectivity index (χ1n) is 4.95. The fourth-order valence-corrected chi connectivity index (χ4v) is 1.51. The number of hydrogen-bond acceptors (Lipinski definition) is 2. The van der Waals surface area contributed by atoms with Crippen molar-refractivity contribution in [2.24, 2.45) is 0 Å². The molecule has 82 valence electrons. The van der Waals surface area contributed by atoms with Crippen molar-refractivity contribution in [1.82, 2.24) is 0 Å². The Morgan fingerprint density at radius 3 is 2.44 bits per heavy atom. The van der Waals surface area contributed by atoms with Crippen molar-refractivity contribution >= 4 is 17.3 Å². The Morgan fingerprint density at radius 1 is 1.06 bits per heavy atom. The van der Waals surface area contributed by atoms with Crippen LogP contribution in [-0.4, -0.2) is 0 Å². The highest BCUT2D eigenvalue weighted by Gasteiger charge is 2.04. The molecule has 0 bridgehead atoms. The lowest BCUT2D eigenvalue weighted by Gasteiger charge is -2.09. The number of para-hydroxylation sites is 1. The SMILES string of the molecule is Cc1ccc(Oc2cccc(Cl)c2N)cc1. The van der Waals surface area contributed by atoms with Gasteiger partial charge in [-0.3, -0.25) is 0 Å². The third kappa shape index (κ3) is 2.28. The fraction of sp³-hybridized carbons (Fsp3) is 0.0769. The number of benzene rings is 2. The molecule has 16 heavy (non-hydrogen) atoms. The number of rotatable bonds is 2. The highest BCUT2D eigenvalue weighted by Crippen LogP contribution is 2.32. The topological polar surface area (TPSA) is 35.2 Å². The average molecular weight is 234 g/mol. The minimum atomic E-state index is 0.463. The normalized spacial score (nSPS) is 10.1. The van der Waals surface area contributed by atoms with Crippen molar-refractivity contribution in [3.63, 3.8) is 0 Å². The van der Waals surface area contributed by atoms with E-state index >= 15 is 0 Å². The molecule has 0 saturated heterocycles. The van der Waals surface area contributed by atoms with E-state index in [2.05, 4.69) is 0 Å². The number of anilines is 1. The Bertz CT molecular complexity index is 494. The van der Waals surface area contributed by atoms with Gasteiger partial charge in [0.15, 0.2) is 5.75 Å². The van der Waals surface area contributed by atoms with E-state index in [1.54, 1.807) is 12.1 Å². The first-order valence-corrected chi connectivity index (χ1v) is 5.33. The summed E-state index contributed by atoms with van der Waals surface area (Å²) in [4.78, 5) is 0. The minimum absolute atomic E-state index is 0.463. The van der Waals surface area contributed by atoms with E-state index < -0.39 is 0 Å². The molecule has 0 heterocycles. The molecule has 0 saturated carbocycles. The fourth-order valence-electron chi connectivity index (χ4n) is 1.34. The van der Waals surface area contributed by atoms with Crippen molar-refractivity contribution in [2.75, 3.05) is 5.73 Å². The number of halogens is 1. The van der Waals surface area contributed by atoms with Crippen LogP contribution in [0.3, 0.4) is 0 Å². The third-order valence-corrected chi connectivity index (χ3v) is 2.59. The van der Waals surface area contributed by atoms with Crippen molar-refractivity contribution in [3.8, 4) is 11.5 Å². The zero-order valence-corrected chi connectivity index (χ0v) is 9.66. The zero-order valence-electron chi connectivity index (χ0n) is 8.91. The minimum Gasteiger partial charge on any atom is -0.455 e. The van der Waals surface area contributed by atoms with Gasteiger partial charge in [0.05, 0.1) is 10.7 Å². The molecule has 0 atom stereocenters. The lowest BCUT2D eigenvalue weighted by atomic mass is 10.2. The van der Waals surface area contributed by atoms with Gasteiger partial charge in [0.25, 0.3) is 0 Å². The Labute approximate surface area is 99.6 Å². The molecule has 0 aliphatic rings. The maximum Gasteiger partial charge on any atom is 0.151 e. The molecule has 0 spiro atoms. The molecule has 2 aromatic carbocycles. The van der Waals surface area contributed by atoms with Gasteiger partial charge in [0, 0.05) is 0 Å². The van der Waals surface area contributed by atoms with Crippen molar-refractivity contribution < 1.29 is 4.74 Å². The van der Waals surface area contributed by atoms with Gasteiger partial charge in [-0.2, -0.15) is 0 Å². The molecular weight excluding hydrogens is 222 g/mol. The second kappa shape index (κ2) is 4.45. The predicted octanol–water partition coefficient (Wildman–Crippen LogP) is 4.02. The number of hydrogen-bond donors (Lipinski definition) is 1. The number of nitrogen functional groups attached to an aromatic ring is 1. The summed E-state index contributed by atoms with van der Waals surface area (Å²) >= 11 is 5.90. The monoisotopic (exact) mass is 233 g/mol. The lowest BCUT2D eigenvalue weighted by molar-refractivity contribution is 0.485. The Kier molecular flexibility index (Phi) is 3.02. The van der Waals surface area contributed by atoms with Gasteiger partial charge in [-0.15, -0.1) is 0 Å². The molecule has 3 heteroatoms. The van der Waals surface area contributed by atoms with E-state index in [0.29, 0.717) is 16.5 Å². The zero-order chi connectivity index (χ0) is 11.5. The van der Waals surface area contributed by atoms with Crippen LogP contribution in [0.5, 0.6) is 11.5 Å². The summed E-state index contributed by atoms with van der Waals surface area (Å²) in [6.45, 7) is 2.03. The summed E-state index contributed by atoms with van der Waals surface area (Å²) in [5.41, 5.74) is 7.45. The smallest absolute Gasteiger partial charge is 0.151 e. The van der Waals surface area contributed by atoms with Crippen LogP contribution < -0.4 is 10.5 Å². The summed E-state index contributed by atoms with van der Waals surface area (Å²) < 4.78 is 5.64. The van der Waals surface area contributed by atoms with Gasteiger partial charge in [-0.1, -0.05) is 35.4 Å². The Hall–Kier alpha value is -1.67. The molecular formula is C13H12ClNO. The van der Waals surface area contributed by atoms with Crippen LogP contribution in [0.2, 0.25) is 5.02 Å². The van der Waals surface area contributed by atoms with Crippen LogP contribution in [0, 0.1) is 6.92 Å². The maximum atomic E-state index is 5.90. The number of ether oxygens (including phenoxy) is 1. The van der Waals surface area contributed by atoms with Gasteiger partial charge >= 0.3 is 0 Å². The summed E-state index contributed by atoms with van der Waals surface area (Å²) in [6.07, 6.45) is 0. The number of nitrogens with two attached hydrogens (primary N) is 1.